The Morgan fingerprint density at radius 1 is 1.28 bits per heavy atom. The molecule has 2 heterocycles. The molecule has 1 atom stereocenters. The molecule has 36 heavy (non-hydrogen) atoms. The fourth-order valence-corrected chi connectivity index (χ4v) is 4.66. The summed E-state index contributed by atoms with van der Waals surface area (Å²) < 4.78 is 5.44. The maximum Gasteiger partial charge on any atom is 0.338 e. The van der Waals surface area contributed by atoms with Crippen molar-refractivity contribution in [1.82, 2.24) is 25.3 Å². The highest BCUT2D eigenvalue weighted by Crippen LogP contribution is 2.33. The van der Waals surface area contributed by atoms with Crippen LogP contribution in [0, 0.1) is 0 Å². The van der Waals surface area contributed by atoms with E-state index in [4.69, 9.17) is 16.3 Å². The van der Waals surface area contributed by atoms with Crippen LogP contribution in [0.2, 0.25) is 5.02 Å². The molecule has 4 amide bonds. The molecule has 1 aromatic carbocycles. The number of amides is 4. The van der Waals surface area contributed by atoms with Crippen molar-refractivity contribution in [3.05, 3.63) is 58.8 Å². The molecule has 1 saturated heterocycles. The number of esters is 1. The van der Waals surface area contributed by atoms with Crippen molar-refractivity contribution >= 4 is 29.6 Å². The summed E-state index contributed by atoms with van der Waals surface area (Å²) in [5.74, 6) is -0.487. The van der Waals surface area contributed by atoms with Crippen molar-refractivity contribution in [3.63, 3.8) is 0 Å². The molecule has 3 rings (SSSR count). The van der Waals surface area contributed by atoms with Gasteiger partial charge in [-0.15, -0.1) is 6.58 Å². The van der Waals surface area contributed by atoms with E-state index >= 15 is 0 Å². The SMILES string of the molecule is C=CCN1C(=O)N[C@@H](c2cccc(Cl)c2)C(C(=O)OCC)=C1CN1CCCN(C(=O)NC(C)C)CC1. The normalized spacial score (nSPS) is 19.1. The van der Waals surface area contributed by atoms with E-state index in [1.54, 1.807) is 31.2 Å². The highest BCUT2D eigenvalue weighted by Gasteiger charge is 2.38. The summed E-state index contributed by atoms with van der Waals surface area (Å²) in [6.07, 6.45) is 2.40. The number of carbonyl (C=O) groups is 3. The van der Waals surface area contributed by atoms with Crippen LogP contribution in [0.5, 0.6) is 0 Å². The summed E-state index contributed by atoms with van der Waals surface area (Å²) in [5, 5.41) is 6.40. The van der Waals surface area contributed by atoms with Crippen molar-refractivity contribution in [1.29, 1.82) is 0 Å². The van der Waals surface area contributed by atoms with Crippen molar-refractivity contribution in [3.8, 4) is 0 Å². The molecule has 0 aromatic heterocycles. The number of halogens is 1. The molecular formula is C26H36ClN5O4. The van der Waals surface area contributed by atoms with Gasteiger partial charge in [0.05, 0.1) is 18.2 Å². The molecular weight excluding hydrogens is 482 g/mol. The Morgan fingerprint density at radius 2 is 2.06 bits per heavy atom. The van der Waals surface area contributed by atoms with Crippen LogP contribution in [0.4, 0.5) is 9.59 Å². The first-order valence-electron chi connectivity index (χ1n) is 12.4. The van der Waals surface area contributed by atoms with Gasteiger partial charge in [0, 0.05) is 56.0 Å². The monoisotopic (exact) mass is 517 g/mol. The number of ether oxygens (including phenoxy) is 1. The van der Waals surface area contributed by atoms with E-state index in [-0.39, 0.29) is 31.3 Å². The fraction of sp³-hybridized carbons (Fsp3) is 0.500. The van der Waals surface area contributed by atoms with Gasteiger partial charge in [0.1, 0.15) is 0 Å². The Morgan fingerprint density at radius 3 is 2.72 bits per heavy atom. The molecule has 9 nitrogen and oxygen atoms in total. The van der Waals surface area contributed by atoms with Gasteiger partial charge in [-0.1, -0.05) is 29.8 Å². The highest BCUT2D eigenvalue weighted by molar-refractivity contribution is 6.30. The third kappa shape index (κ3) is 6.79. The summed E-state index contributed by atoms with van der Waals surface area (Å²) in [6.45, 7) is 12.7. The van der Waals surface area contributed by atoms with Crippen molar-refractivity contribution in [2.24, 2.45) is 0 Å². The van der Waals surface area contributed by atoms with Gasteiger partial charge in [-0.3, -0.25) is 9.80 Å². The van der Waals surface area contributed by atoms with Crippen LogP contribution in [-0.2, 0) is 9.53 Å². The van der Waals surface area contributed by atoms with E-state index < -0.39 is 12.0 Å². The van der Waals surface area contributed by atoms with Gasteiger partial charge in [0.25, 0.3) is 0 Å². The number of rotatable bonds is 8. The molecule has 10 heteroatoms. The second-order valence-corrected chi connectivity index (χ2v) is 9.58. The zero-order valence-corrected chi connectivity index (χ0v) is 22.0. The van der Waals surface area contributed by atoms with Crippen LogP contribution in [0.25, 0.3) is 0 Å². The molecule has 0 saturated carbocycles. The van der Waals surface area contributed by atoms with Crippen LogP contribution in [-0.4, -0.2) is 84.6 Å². The second-order valence-electron chi connectivity index (χ2n) is 9.14. The molecule has 2 aliphatic heterocycles. The molecule has 0 spiro atoms. The maximum absolute atomic E-state index is 13.3. The third-order valence-corrected chi connectivity index (χ3v) is 6.32. The largest absolute Gasteiger partial charge is 0.463 e. The van der Waals surface area contributed by atoms with Gasteiger partial charge in [-0.2, -0.15) is 0 Å². The van der Waals surface area contributed by atoms with Crippen LogP contribution < -0.4 is 10.6 Å². The fourth-order valence-electron chi connectivity index (χ4n) is 4.46. The number of nitrogens with zero attached hydrogens (tertiary/aromatic N) is 3. The van der Waals surface area contributed by atoms with Gasteiger partial charge in [-0.25, -0.2) is 14.4 Å². The summed E-state index contributed by atoms with van der Waals surface area (Å²) in [6, 6.07) is 6.05. The van der Waals surface area contributed by atoms with Gasteiger partial charge >= 0.3 is 18.0 Å². The third-order valence-electron chi connectivity index (χ3n) is 6.09. The molecule has 0 unspecified atom stereocenters. The van der Waals surface area contributed by atoms with Crippen LogP contribution in [0.1, 0.15) is 38.8 Å². The first-order chi connectivity index (χ1) is 17.2. The summed E-state index contributed by atoms with van der Waals surface area (Å²) in [5.41, 5.74) is 1.64. The minimum absolute atomic E-state index is 0.0609. The van der Waals surface area contributed by atoms with Crippen LogP contribution in [0.3, 0.4) is 0 Å². The maximum atomic E-state index is 13.3. The minimum Gasteiger partial charge on any atom is -0.463 e. The lowest BCUT2D eigenvalue weighted by molar-refractivity contribution is -0.139. The lowest BCUT2D eigenvalue weighted by Gasteiger charge is -2.38. The highest BCUT2D eigenvalue weighted by atomic mass is 35.5. The molecule has 0 bridgehead atoms. The Balaban J connectivity index is 1.96. The summed E-state index contributed by atoms with van der Waals surface area (Å²) in [4.78, 5) is 44.5. The van der Waals surface area contributed by atoms with E-state index in [0.717, 1.165) is 13.0 Å². The van der Waals surface area contributed by atoms with Gasteiger partial charge < -0.3 is 20.3 Å². The van der Waals surface area contributed by atoms with E-state index in [9.17, 15) is 14.4 Å². The zero-order chi connectivity index (χ0) is 26.2. The summed E-state index contributed by atoms with van der Waals surface area (Å²) >= 11 is 6.23. The van der Waals surface area contributed by atoms with E-state index in [1.165, 1.54) is 4.90 Å². The number of hydrogen-bond donors (Lipinski definition) is 2. The Kier molecular flexibility index (Phi) is 9.78. The van der Waals surface area contributed by atoms with Gasteiger partial charge in [0.2, 0.25) is 0 Å². The number of urea groups is 2. The zero-order valence-electron chi connectivity index (χ0n) is 21.3. The number of benzene rings is 1. The van der Waals surface area contributed by atoms with Crippen LogP contribution >= 0.6 is 11.6 Å². The Hall–Kier alpha value is -3.04. The first-order valence-corrected chi connectivity index (χ1v) is 12.7. The number of carbonyl (C=O) groups excluding carboxylic acids is 3. The van der Waals surface area contributed by atoms with E-state index in [2.05, 4.69) is 22.1 Å². The molecule has 2 aliphatic rings. The average molecular weight is 518 g/mol. The van der Waals surface area contributed by atoms with E-state index in [0.29, 0.717) is 48.0 Å². The van der Waals surface area contributed by atoms with Crippen molar-refractivity contribution < 1.29 is 19.1 Å². The molecule has 1 fully saturated rings. The lowest BCUT2D eigenvalue weighted by Crippen LogP contribution is -2.51. The minimum atomic E-state index is -0.702. The number of hydrogen-bond acceptors (Lipinski definition) is 5. The smallest absolute Gasteiger partial charge is 0.338 e. The van der Waals surface area contributed by atoms with E-state index in [1.807, 2.05) is 24.8 Å². The Labute approximate surface area is 218 Å². The predicted molar refractivity (Wildman–Crippen MR) is 140 cm³/mol. The van der Waals surface area contributed by atoms with Crippen LogP contribution in [0.15, 0.2) is 48.2 Å². The quantitative estimate of drug-likeness (QED) is 0.406. The lowest BCUT2D eigenvalue weighted by atomic mass is 9.94. The molecule has 0 radical (unpaired) electrons. The summed E-state index contributed by atoms with van der Waals surface area (Å²) in [7, 11) is 0. The molecule has 1 aromatic rings. The molecule has 196 valence electrons. The van der Waals surface area contributed by atoms with Crippen molar-refractivity contribution in [2.45, 2.75) is 39.3 Å². The standard InChI is InChI=1S/C26H36ClN5O4/c1-5-11-32-21(17-30-12-8-13-31(15-14-30)25(34)28-18(3)4)22(24(33)36-6-2)23(29-26(32)35)19-9-7-10-20(27)16-19/h5,7,9-10,16,18,23H,1,6,8,11-15,17H2,2-4H3,(H,28,34)(H,29,35)/t23-/m0/s1. The predicted octanol–water partition coefficient (Wildman–Crippen LogP) is 3.54. The first kappa shape index (κ1) is 27.5. The topological polar surface area (TPSA) is 94.2 Å². The van der Waals surface area contributed by atoms with Crippen molar-refractivity contribution in [2.75, 3.05) is 45.9 Å². The second kappa shape index (κ2) is 12.8. The van der Waals surface area contributed by atoms with Gasteiger partial charge in [-0.05, 0) is 44.9 Å². The molecule has 0 aliphatic carbocycles. The Bertz CT molecular complexity index is 1010. The molecule has 2 N–H and O–H groups in total. The number of nitrogens with one attached hydrogen (secondary N) is 2. The average Bonchev–Trinajstić information content (AvgIpc) is 3.06. The van der Waals surface area contributed by atoms with Gasteiger partial charge in [0.15, 0.2) is 0 Å².